The van der Waals surface area contributed by atoms with Crippen LogP contribution in [0, 0.1) is 16.7 Å². The molecule has 32 heavy (non-hydrogen) atoms. The van der Waals surface area contributed by atoms with E-state index in [0.717, 1.165) is 52.1 Å². The van der Waals surface area contributed by atoms with Crippen molar-refractivity contribution in [1.82, 2.24) is 20.0 Å². The number of nitrogens with zero attached hydrogens (tertiary/aromatic N) is 3. The van der Waals surface area contributed by atoms with Gasteiger partial charge in [-0.1, -0.05) is 40.5 Å². The van der Waals surface area contributed by atoms with Crippen LogP contribution in [-0.2, 0) is 11.3 Å². The smallest absolute Gasteiger partial charge is 0.272 e. The lowest BCUT2D eigenvalue weighted by Gasteiger charge is -2.42. The molecule has 2 aliphatic carbocycles. The summed E-state index contributed by atoms with van der Waals surface area (Å²) < 4.78 is 13.4. The largest absolute Gasteiger partial charge is 0.478 e. The number of hydrogen-bond acceptors (Lipinski definition) is 5. The van der Waals surface area contributed by atoms with Gasteiger partial charge < -0.3 is 14.8 Å². The van der Waals surface area contributed by atoms with Crippen molar-refractivity contribution in [2.45, 2.75) is 78.8 Å². The number of morpholine rings is 1. The van der Waals surface area contributed by atoms with Crippen molar-refractivity contribution in [3.63, 3.8) is 0 Å². The number of carbonyl (C=O) groups excluding carboxylic acids is 1. The first-order valence-corrected chi connectivity index (χ1v) is 12.6. The van der Waals surface area contributed by atoms with E-state index in [0.29, 0.717) is 30.6 Å². The molecular weight excluding hydrogens is 404 g/mol. The number of amides is 1. The average Bonchev–Trinajstić information content (AvgIpc) is 3.42. The van der Waals surface area contributed by atoms with E-state index in [1.807, 2.05) is 10.7 Å². The van der Waals surface area contributed by atoms with Crippen molar-refractivity contribution in [3.8, 4) is 5.88 Å². The van der Waals surface area contributed by atoms with Gasteiger partial charge >= 0.3 is 0 Å². The third-order valence-corrected chi connectivity index (χ3v) is 8.25. The lowest BCUT2D eigenvalue weighted by Crippen LogP contribution is -2.52. The molecule has 2 heterocycles. The molecular formula is C25H42N4O3. The Morgan fingerprint density at radius 1 is 1.25 bits per heavy atom. The summed E-state index contributed by atoms with van der Waals surface area (Å²) in [5.41, 5.74) is 0.795. The first-order valence-electron chi connectivity index (χ1n) is 12.6. The molecule has 0 aromatic carbocycles. The number of rotatable bonds is 10. The number of ether oxygens (including phenoxy) is 2. The first kappa shape index (κ1) is 23.6. The first-order chi connectivity index (χ1) is 15.3. The summed E-state index contributed by atoms with van der Waals surface area (Å²) in [7, 11) is 0. The number of hydrogen-bond donors (Lipinski definition) is 1. The minimum absolute atomic E-state index is 0.0691. The number of aromatic nitrogens is 2. The summed E-state index contributed by atoms with van der Waals surface area (Å²) in [4.78, 5) is 15.7. The lowest BCUT2D eigenvalue weighted by molar-refractivity contribution is 0.0356. The van der Waals surface area contributed by atoms with Gasteiger partial charge in [0.2, 0.25) is 5.88 Å². The van der Waals surface area contributed by atoms with Gasteiger partial charge in [-0.3, -0.25) is 9.69 Å². The molecule has 7 heteroatoms. The van der Waals surface area contributed by atoms with E-state index in [-0.39, 0.29) is 22.8 Å². The normalized spacial score (nSPS) is 29.4. The van der Waals surface area contributed by atoms with Gasteiger partial charge in [-0.2, -0.15) is 5.10 Å². The molecule has 1 amide bonds. The van der Waals surface area contributed by atoms with Gasteiger partial charge in [-0.05, 0) is 42.4 Å². The topological polar surface area (TPSA) is 68.6 Å². The fourth-order valence-corrected chi connectivity index (χ4v) is 6.24. The van der Waals surface area contributed by atoms with Crippen LogP contribution in [0.5, 0.6) is 5.88 Å². The third kappa shape index (κ3) is 4.84. The molecule has 7 nitrogen and oxygen atoms in total. The summed E-state index contributed by atoms with van der Waals surface area (Å²) >= 11 is 0. The van der Waals surface area contributed by atoms with E-state index in [2.05, 4.69) is 43.0 Å². The highest BCUT2D eigenvalue weighted by Crippen LogP contribution is 2.62. The van der Waals surface area contributed by atoms with Crippen LogP contribution in [0.25, 0.3) is 0 Å². The molecule has 1 aromatic rings. The molecule has 1 N–H and O–H groups in total. The van der Waals surface area contributed by atoms with Gasteiger partial charge in [0.25, 0.3) is 5.91 Å². The van der Waals surface area contributed by atoms with Crippen molar-refractivity contribution in [2.75, 3.05) is 39.5 Å². The van der Waals surface area contributed by atoms with Crippen LogP contribution in [0.1, 0.15) is 76.7 Å². The Bertz CT molecular complexity index is 781. The van der Waals surface area contributed by atoms with E-state index in [4.69, 9.17) is 9.47 Å². The van der Waals surface area contributed by atoms with Crippen LogP contribution in [0.15, 0.2) is 6.07 Å². The number of fused-ring (bicyclic) bond motifs is 2. The fraction of sp³-hybridized carbons (Fsp3) is 0.840. The highest BCUT2D eigenvalue weighted by Gasteiger charge is 2.59. The molecule has 2 unspecified atom stereocenters. The second kappa shape index (κ2) is 9.72. The Morgan fingerprint density at radius 3 is 2.72 bits per heavy atom. The van der Waals surface area contributed by atoms with Gasteiger partial charge in [0.15, 0.2) is 5.69 Å². The Kier molecular flexibility index (Phi) is 7.15. The Balaban J connectivity index is 1.44. The van der Waals surface area contributed by atoms with Crippen molar-refractivity contribution < 1.29 is 14.3 Å². The minimum Gasteiger partial charge on any atom is -0.478 e. The van der Waals surface area contributed by atoms with Crippen molar-refractivity contribution in [3.05, 3.63) is 11.8 Å². The third-order valence-electron chi connectivity index (χ3n) is 8.25. The van der Waals surface area contributed by atoms with Crippen molar-refractivity contribution in [1.29, 1.82) is 0 Å². The number of carbonyl (C=O) groups is 1. The summed E-state index contributed by atoms with van der Waals surface area (Å²) in [5.74, 6) is 1.33. The number of unbranched alkanes of at least 4 members (excludes halogenated alkanes) is 2. The maximum Gasteiger partial charge on any atom is 0.272 e. The van der Waals surface area contributed by atoms with E-state index in [9.17, 15) is 4.79 Å². The van der Waals surface area contributed by atoms with Crippen molar-refractivity contribution in [2.24, 2.45) is 16.7 Å². The van der Waals surface area contributed by atoms with Gasteiger partial charge in [0.05, 0.1) is 26.4 Å². The highest BCUT2D eigenvalue weighted by molar-refractivity contribution is 5.93. The Hall–Kier alpha value is -1.60. The van der Waals surface area contributed by atoms with E-state index in [1.54, 1.807) is 0 Å². The molecule has 0 radical (unpaired) electrons. The van der Waals surface area contributed by atoms with Crippen LogP contribution in [0.2, 0.25) is 0 Å². The lowest BCUT2D eigenvalue weighted by atomic mass is 9.68. The molecule has 0 spiro atoms. The van der Waals surface area contributed by atoms with Crippen LogP contribution in [0.3, 0.4) is 0 Å². The molecule has 1 aliphatic heterocycles. The van der Waals surface area contributed by atoms with Gasteiger partial charge in [-0.15, -0.1) is 0 Å². The van der Waals surface area contributed by atoms with Crippen LogP contribution < -0.4 is 10.1 Å². The van der Waals surface area contributed by atoms with E-state index < -0.39 is 0 Å². The molecule has 180 valence electrons. The SMILES string of the molecule is CCCCCOc1cc(C(=O)NC2C3(C)CC[C@H](C3)C2(C)C)nn1CCN1CCOCC1. The zero-order valence-electron chi connectivity index (χ0n) is 20.5. The molecule has 3 fully saturated rings. The van der Waals surface area contributed by atoms with Gasteiger partial charge in [0.1, 0.15) is 0 Å². The summed E-state index contributed by atoms with van der Waals surface area (Å²) in [6.45, 7) is 14.9. The molecule has 1 saturated heterocycles. The average molecular weight is 447 g/mol. The Labute approximate surface area is 193 Å². The van der Waals surface area contributed by atoms with Crippen LogP contribution in [0.4, 0.5) is 0 Å². The quantitative estimate of drug-likeness (QED) is 0.555. The zero-order valence-corrected chi connectivity index (χ0v) is 20.5. The second-order valence-corrected chi connectivity index (χ2v) is 10.9. The molecule has 3 aliphatic rings. The summed E-state index contributed by atoms with van der Waals surface area (Å²) in [5, 5.41) is 8.07. The maximum absolute atomic E-state index is 13.3. The monoisotopic (exact) mass is 446 g/mol. The van der Waals surface area contributed by atoms with Crippen LogP contribution >= 0.6 is 0 Å². The molecule has 1 aromatic heterocycles. The second-order valence-electron chi connectivity index (χ2n) is 10.9. The molecule has 2 bridgehead atoms. The van der Waals surface area contributed by atoms with Gasteiger partial charge in [-0.25, -0.2) is 4.68 Å². The Morgan fingerprint density at radius 2 is 2.03 bits per heavy atom. The zero-order chi connectivity index (χ0) is 22.8. The molecule has 4 rings (SSSR count). The predicted octanol–water partition coefficient (Wildman–Crippen LogP) is 3.73. The summed E-state index contributed by atoms with van der Waals surface area (Å²) in [6, 6.07) is 2.03. The van der Waals surface area contributed by atoms with E-state index >= 15 is 0 Å². The minimum atomic E-state index is -0.0691. The summed E-state index contributed by atoms with van der Waals surface area (Å²) in [6.07, 6.45) is 7.01. The predicted molar refractivity (Wildman–Crippen MR) is 125 cm³/mol. The maximum atomic E-state index is 13.3. The number of nitrogens with one attached hydrogen (secondary N) is 1. The molecule has 3 atom stereocenters. The fourth-order valence-electron chi connectivity index (χ4n) is 6.24. The standard InChI is InChI=1S/C25H42N4O3/c1-5-6-7-14-32-21-17-20(27-29(21)11-10-28-12-15-31-16-13-28)22(30)26-23-24(2,3)19-8-9-25(23,4)18-19/h17,19,23H,5-16,18H2,1-4H3,(H,26,30)/t19-,23?,25?/m1/s1. The van der Waals surface area contributed by atoms with Gasteiger partial charge in [0, 0.05) is 31.7 Å². The van der Waals surface area contributed by atoms with Crippen molar-refractivity contribution >= 4 is 5.91 Å². The highest BCUT2D eigenvalue weighted by atomic mass is 16.5. The van der Waals surface area contributed by atoms with Crippen LogP contribution in [-0.4, -0.2) is 66.1 Å². The van der Waals surface area contributed by atoms with E-state index in [1.165, 1.54) is 19.3 Å². The molecule has 2 saturated carbocycles.